The molecule has 1 amide bonds. The second kappa shape index (κ2) is 6.41. The summed E-state index contributed by atoms with van der Waals surface area (Å²) in [6, 6.07) is 7.54. The molecule has 120 valence electrons. The van der Waals surface area contributed by atoms with E-state index in [0.29, 0.717) is 18.0 Å². The molecule has 1 aromatic rings. The summed E-state index contributed by atoms with van der Waals surface area (Å²) >= 11 is 0. The van der Waals surface area contributed by atoms with Crippen LogP contribution in [0.1, 0.15) is 49.3 Å². The van der Waals surface area contributed by atoms with Crippen molar-refractivity contribution in [1.82, 2.24) is 10.2 Å². The van der Waals surface area contributed by atoms with Crippen LogP contribution in [0.4, 0.5) is 0 Å². The van der Waals surface area contributed by atoms with Crippen molar-refractivity contribution in [3.05, 3.63) is 34.9 Å². The summed E-state index contributed by atoms with van der Waals surface area (Å²) in [6.45, 7) is 8.23. The molecule has 0 bridgehead atoms. The van der Waals surface area contributed by atoms with E-state index in [1.807, 2.05) is 0 Å². The van der Waals surface area contributed by atoms with Gasteiger partial charge in [-0.15, -0.1) is 0 Å². The van der Waals surface area contributed by atoms with Crippen LogP contribution in [0.2, 0.25) is 0 Å². The first kappa shape index (κ1) is 15.5. The normalized spacial score (nSPS) is 25.0. The van der Waals surface area contributed by atoms with Crippen LogP contribution in [-0.2, 0) is 11.3 Å². The van der Waals surface area contributed by atoms with Gasteiger partial charge < -0.3 is 10.2 Å². The number of nitrogens with zero attached hydrogens (tertiary/aromatic N) is 1. The maximum absolute atomic E-state index is 13.0. The van der Waals surface area contributed by atoms with Crippen LogP contribution in [0.5, 0.6) is 0 Å². The predicted octanol–water partition coefficient (Wildman–Crippen LogP) is 3.18. The Labute approximate surface area is 134 Å². The van der Waals surface area contributed by atoms with Crippen molar-refractivity contribution in [3.8, 4) is 0 Å². The Morgan fingerprint density at radius 1 is 1.23 bits per heavy atom. The van der Waals surface area contributed by atoms with Gasteiger partial charge >= 0.3 is 0 Å². The molecule has 3 rings (SSSR count). The van der Waals surface area contributed by atoms with Gasteiger partial charge in [0.1, 0.15) is 0 Å². The molecule has 1 aliphatic carbocycles. The lowest BCUT2D eigenvalue weighted by Gasteiger charge is -2.32. The average molecular weight is 300 g/mol. The molecule has 1 saturated heterocycles. The zero-order chi connectivity index (χ0) is 15.7. The smallest absolute Gasteiger partial charge is 0.226 e. The van der Waals surface area contributed by atoms with Gasteiger partial charge in [0, 0.05) is 24.5 Å². The summed E-state index contributed by atoms with van der Waals surface area (Å²) in [5.41, 5.74) is 3.90. The van der Waals surface area contributed by atoms with Crippen molar-refractivity contribution in [1.29, 1.82) is 0 Å². The molecule has 2 atom stereocenters. The Morgan fingerprint density at radius 3 is 2.64 bits per heavy atom. The number of benzene rings is 1. The maximum Gasteiger partial charge on any atom is 0.226 e. The van der Waals surface area contributed by atoms with Gasteiger partial charge in [0.25, 0.3) is 0 Å². The topological polar surface area (TPSA) is 32.3 Å². The van der Waals surface area contributed by atoms with Crippen LogP contribution in [0.3, 0.4) is 0 Å². The van der Waals surface area contributed by atoms with Gasteiger partial charge in [0.05, 0.1) is 0 Å². The number of aryl methyl sites for hydroxylation is 2. The van der Waals surface area contributed by atoms with E-state index in [4.69, 9.17) is 0 Å². The molecular formula is C19H28N2O. The van der Waals surface area contributed by atoms with Crippen LogP contribution in [-0.4, -0.2) is 29.4 Å². The fourth-order valence-corrected chi connectivity index (χ4v) is 3.46. The number of hydrogen-bond donors (Lipinski definition) is 1. The lowest BCUT2D eigenvalue weighted by atomic mass is 9.91. The Bertz CT molecular complexity index is 550. The number of nitrogens with one attached hydrogen (secondary N) is 1. The largest absolute Gasteiger partial charge is 0.335 e. The lowest BCUT2D eigenvalue weighted by molar-refractivity contribution is -0.138. The zero-order valence-electron chi connectivity index (χ0n) is 14.1. The minimum Gasteiger partial charge on any atom is -0.335 e. The molecule has 1 N–H and O–H groups in total. The summed E-state index contributed by atoms with van der Waals surface area (Å²) in [5.74, 6) is 0.595. The summed E-state index contributed by atoms with van der Waals surface area (Å²) in [5, 5.41) is 3.44. The first-order chi connectivity index (χ1) is 10.5. The molecule has 22 heavy (non-hydrogen) atoms. The molecule has 3 heteroatoms. The lowest BCUT2D eigenvalue weighted by Crippen LogP contribution is -2.44. The molecule has 1 aromatic carbocycles. The number of carbonyl (C=O) groups excluding carboxylic acids is 1. The number of amides is 1. The summed E-state index contributed by atoms with van der Waals surface area (Å²) in [4.78, 5) is 15.1. The Balaban J connectivity index is 1.72. The van der Waals surface area contributed by atoms with Gasteiger partial charge in [0.2, 0.25) is 5.91 Å². The van der Waals surface area contributed by atoms with E-state index in [1.165, 1.54) is 29.5 Å². The Morgan fingerprint density at radius 2 is 2.00 bits per heavy atom. The van der Waals surface area contributed by atoms with Crippen LogP contribution in [0.15, 0.2) is 18.2 Å². The average Bonchev–Trinajstić information content (AvgIpc) is 3.32. The highest BCUT2D eigenvalue weighted by molar-refractivity contribution is 5.79. The molecule has 1 aliphatic heterocycles. The number of hydrogen-bond acceptors (Lipinski definition) is 2. The fraction of sp³-hybridized carbons (Fsp3) is 0.632. The van der Waals surface area contributed by atoms with Crippen molar-refractivity contribution in [2.45, 2.75) is 65.1 Å². The van der Waals surface area contributed by atoms with Crippen LogP contribution < -0.4 is 5.32 Å². The maximum atomic E-state index is 13.0. The van der Waals surface area contributed by atoms with Crippen molar-refractivity contribution < 1.29 is 4.79 Å². The highest BCUT2D eigenvalue weighted by Gasteiger charge is 2.36. The zero-order valence-corrected chi connectivity index (χ0v) is 14.1. The van der Waals surface area contributed by atoms with E-state index in [0.717, 1.165) is 25.9 Å². The second-order valence-electron chi connectivity index (χ2n) is 7.19. The highest BCUT2D eigenvalue weighted by Crippen LogP contribution is 2.32. The summed E-state index contributed by atoms with van der Waals surface area (Å²) < 4.78 is 0. The highest BCUT2D eigenvalue weighted by atomic mass is 16.2. The van der Waals surface area contributed by atoms with Gasteiger partial charge in [-0.3, -0.25) is 4.79 Å². The molecule has 3 nitrogen and oxygen atoms in total. The number of rotatable bonds is 4. The monoisotopic (exact) mass is 300 g/mol. The number of piperidine rings is 1. The van der Waals surface area contributed by atoms with Crippen LogP contribution >= 0.6 is 0 Å². The van der Waals surface area contributed by atoms with Gasteiger partial charge in [-0.05, 0) is 69.7 Å². The number of carbonyl (C=O) groups is 1. The third-order valence-corrected chi connectivity index (χ3v) is 5.17. The molecule has 0 aromatic heterocycles. The van der Waals surface area contributed by atoms with Gasteiger partial charge in [-0.25, -0.2) is 0 Å². The third-order valence-electron chi connectivity index (χ3n) is 5.17. The summed E-state index contributed by atoms with van der Waals surface area (Å²) in [7, 11) is 0. The first-order valence-electron chi connectivity index (χ1n) is 8.64. The molecule has 0 radical (unpaired) electrons. The van der Waals surface area contributed by atoms with Crippen LogP contribution in [0, 0.1) is 19.8 Å². The van der Waals surface area contributed by atoms with E-state index in [-0.39, 0.29) is 5.92 Å². The van der Waals surface area contributed by atoms with E-state index in [9.17, 15) is 4.79 Å². The third kappa shape index (κ3) is 3.52. The quantitative estimate of drug-likeness (QED) is 0.926. The van der Waals surface area contributed by atoms with Crippen molar-refractivity contribution >= 4 is 5.91 Å². The molecule has 2 fully saturated rings. The predicted molar refractivity (Wildman–Crippen MR) is 89.7 cm³/mol. The van der Waals surface area contributed by atoms with Gasteiger partial charge in [-0.1, -0.05) is 18.2 Å². The van der Waals surface area contributed by atoms with Crippen molar-refractivity contribution in [2.75, 3.05) is 6.54 Å². The molecule has 1 heterocycles. The Kier molecular flexibility index (Phi) is 4.53. The molecule has 0 unspecified atom stereocenters. The van der Waals surface area contributed by atoms with Gasteiger partial charge in [-0.2, -0.15) is 0 Å². The van der Waals surface area contributed by atoms with E-state index >= 15 is 0 Å². The molecular weight excluding hydrogens is 272 g/mol. The van der Waals surface area contributed by atoms with E-state index in [2.05, 4.69) is 49.2 Å². The van der Waals surface area contributed by atoms with Crippen molar-refractivity contribution in [3.63, 3.8) is 0 Å². The second-order valence-corrected chi connectivity index (χ2v) is 7.19. The standard InChI is InChI=1S/C19H28N2O/c1-13-4-5-16(10-14(13)2)12-21(18-6-7-18)19(22)17-8-9-20-15(3)11-17/h4-5,10,15,17-18,20H,6-9,11-12H2,1-3H3/t15-,17-/m0/s1. The van der Waals surface area contributed by atoms with E-state index in [1.54, 1.807) is 0 Å². The van der Waals surface area contributed by atoms with Crippen LogP contribution in [0.25, 0.3) is 0 Å². The molecule has 2 aliphatic rings. The van der Waals surface area contributed by atoms with Crippen molar-refractivity contribution in [2.24, 2.45) is 5.92 Å². The Hall–Kier alpha value is -1.35. The minimum atomic E-state index is 0.211. The van der Waals surface area contributed by atoms with E-state index < -0.39 is 0 Å². The SMILES string of the molecule is Cc1ccc(CN(C(=O)[C@H]2CCN[C@@H](C)C2)C2CC2)cc1C. The minimum absolute atomic E-state index is 0.211. The van der Waals surface area contributed by atoms with Gasteiger partial charge in [0.15, 0.2) is 0 Å². The summed E-state index contributed by atoms with van der Waals surface area (Å²) in [6.07, 6.45) is 4.32. The first-order valence-corrected chi connectivity index (χ1v) is 8.64. The molecule has 0 spiro atoms. The fourth-order valence-electron chi connectivity index (χ4n) is 3.46. The molecule has 1 saturated carbocycles.